The van der Waals surface area contributed by atoms with Gasteiger partial charge in [0.1, 0.15) is 0 Å². The van der Waals surface area contributed by atoms with Crippen LogP contribution in [0.3, 0.4) is 0 Å². The second-order valence-corrected chi connectivity index (χ2v) is 7.50. The minimum atomic E-state index is 0. The fourth-order valence-corrected chi connectivity index (χ4v) is 3.18. The molecule has 0 heterocycles. The number of hydrogen-bond donors (Lipinski definition) is 0. The van der Waals surface area contributed by atoms with Crippen LogP contribution in [0, 0.1) is 25.8 Å². The molecule has 1 aliphatic rings. The number of rotatable bonds is 1. The number of benzene rings is 2. The van der Waals surface area contributed by atoms with Crippen molar-refractivity contribution in [2.24, 2.45) is 5.92 Å². The van der Waals surface area contributed by atoms with Crippen molar-refractivity contribution in [2.45, 2.75) is 54.4 Å². The van der Waals surface area contributed by atoms with E-state index in [0.29, 0.717) is 5.92 Å². The van der Waals surface area contributed by atoms with Crippen LogP contribution in [0.5, 0.6) is 0 Å². The molecule has 0 aromatic heterocycles. The minimum absolute atomic E-state index is 0. The molecule has 3 aromatic rings. The largest absolute Gasteiger partial charge is 0.150 e. The first kappa shape index (κ1) is 37.8. The number of allylic oxidation sites excluding steroid dienone is 4. The van der Waals surface area contributed by atoms with Crippen molar-refractivity contribution >= 4 is 42.5 Å². The Morgan fingerprint density at radius 2 is 1.35 bits per heavy atom. The second kappa shape index (κ2) is 22.7. The van der Waals surface area contributed by atoms with Gasteiger partial charge in [0.2, 0.25) is 0 Å². The summed E-state index contributed by atoms with van der Waals surface area (Å²) in [4.78, 5) is 0. The molecule has 0 saturated heterocycles. The summed E-state index contributed by atoms with van der Waals surface area (Å²) >= 11 is 1.36. The monoisotopic (exact) mass is 588 g/mol. The zero-order chi connectivity index (χ0) is 24.5. The van der Waals surface area contributed by atoms with Crippen LogP contribution in [0.25, 0.3) is 21.9 Å². The van der Waals surface area contributed by atoms with Gasteiger partial charge in [-0.25, -0.2) is 5.57 Å². The van der Waals surface area contributed by atoms with Gasteiger partial charge in [-0.05, 0) is 0 Å². The van der Waals surface area contributed by atoms with E-state index in [1.807, 2.05) is 13.8 Å². The third kappa shape index (κ3) is 12.8. The molecular weight excluding hydrogens is 551 g/mol. The Kier molecular flexibility index (Phi) is 25.2. The van der Waals surface area contributed by atoms with Gasteiger partial charge in [0.25, 0.3) is 0 Å². The Balaban J connectivity index is -0.000000439. The zero-order valence-corrected chi connectivity index (χ0v) is 26.7. The summed E-state index contributed by atoms with van der Waals surface area (Å²) in [6.07, 6.45) is 5.36. The molecule has 2 radical (unpaired) electrons. The van der Waals surface area contributed by atoms with Gasteiger partial charge in [-0.2, -0.15) is 24.0 Å². The molecule has 0 amide bonds. The summed E-state index contributed by atoms with van der Waals surface area (Å²) in [5.41, 5.74) is 6.86. The van der Waals surface area contributed by atoms with Crippen LogP contribution in [0.15, 0.2) is 83.4 Å². The van der Waals surface area contributed by atoms with E-state index in [0.717, 1.165) is 12.8 Å². The quantitative estimate of drug-likeness (QED) is 0.195. The standard InChI is InChI=1S/C15H11.C9H13.2C3H7.2ClH.Si.Zr/c1-2-6-12(7-3-1)15-11-10-13-8-4-5-9-14(13)15;1-6-5-7(2)9(4)8(6)3;2*1-3-2;;;;/h1-11H;6H,1-4H3;2*1,3H2,2H3;2*1H;;/q4*-1;;;;. The first-order chi connectivity index (χ1) is 15.4. The molecule has 0 fully saturated rings. The molecule has 0 aliphatic heterocycles. The molecule has 1 atom stereocenters. The third-order valence-electron chi connectivity index (χ3n) is 5.00. The van der Waals surface area contributed by atoms with Crippen LogP contribution >= 0.6 is 24.8 Å². The van der Waals surface area contributed by atoms with Crippen molar-refractivity contribution in [3.8, 4) is 11.1 Å². The average molecular weight is 591 g/mol. The van der Waals surface area contributed by atoms with Crippen molar-refractivity contribution in [2.75, 3.05) is 0 Å². The van der Waals surface area contributed by atoms with Crippen LogP contribution in [-0.4, -0.2) is 6.88 Å². The smallest absolute Gasteiger partial charge is 0.0623 e. The van der Waals surface area contributed by atoms with Gasteiger partial charge in [0.15, 0.2) is 0 Å². The van der Waals surface area contributed by atoms with Crippen LogP contribution in [0.2, 0.25) is 0 Å². The fourth-order valence-electron chi connectivity index (χ4n) is 3.18. The Morgan fingerprint density at radius 1 is 0.882 bits per heavy atom. The van der Waals surface area contributed by atoms with E-state index in [2.05, 4.69) is 121 Å². The van der Waals surface area contributed by atoms with Gasteiger partial charge < -0.3 is 13.8 Å². The van der Waals surface area contributed by atoms with Crippen LogP contribution in [0.4, 0.5) is 0 Å². The predicted octanol–water partition coefficient (Wildman–Crippen LogP) is 9.87. The number of fused-ring (bicyclic) bond motifs is 1. The van der Waals surface area contributed by atoms with Crippen molar-refractivity contribution in [3.63, 3.8) is 0 Å². The molecule has 0 spiro atoms. The third-order valence-corrected chi connectivity index (χ3v) is 5.00. The normalized spacial score (nSPS) is 13.0. The molecule has 0 nitrogen and oxygen atoms in total. The van der Waals surface area contributed by atoms with E-state index >= 15 is 0 Å². The molecule has 0 bridgehead atoms. The van der Waals surface area contributed by atoms with Gasteiger partial charge in [0, 0.05) is 0 Å². The van der Waals surface area contributed by atoms with Crippen LogP contribution in [0.1, 0.15) is 54.4 Å². The topological polar surface area (TPSA) is 0 Å². The SMILES string of the molecule is CC1=[C-]C(C)C(C)=C1C.Cl.Cl.[CH2-]CC.[CH2-]CC.[Si]=[Zr].c1ccc(-c2c[cH-]c3ccccc23)cc1. The molecule has 186 valence electrons. The average Bonchev–Trinajstić information content (AvgIpc) is 3.34. The molecule has 4 heteroatoms. The van der Waals surface area contributed by atoms with Gasteiger partial charge in [-0.3, -0.25) is 6.08 Å². The van der Waals surface area contributed by atoms with Gasteiger partial charge in [0.05, 0.1) is 0 Å². The van der Waals surface area contributed by atoms with Crippen LogP contribution in [-0.2, 0) is 23.3 Å². The summed E-state index contributed by atoms with van der Waals surface area (Å²) in [6.45, 7) is 22.7. The van der Waals surface area contributed by atoms with E-state index < -0.39 is 0 Å². The molecule has 1 aliphatic carbocycles. The Morgan fingerprint density at radius 3 is 1.76 bits per heavy atom. The molecule has 0 saturated carbocycles. The second-order valence-electron chi connectivity index (χ2n) is 7.50. The molecule has 3 aromatic carbocycles. The summed E-state index contributed by atoms with van der Waals surface area (Å²) in [6, 6.07) is 23.4. The first-order valence-corrected chi connectivity index (χ1v) is 15.4. The number of hydrogen-bond acceptors (Lipinski definition) is 0. The Hall–Kier alpha value is -0.790. The van der Waals surface area contributed by atoms with E-state index in [-0.39, 0.29) is 24.8 Å². The predicted molar refractivity (Wildman–Crippen MR) is 156 cm³/mol. The van der Waals surface area contributed by atoms with E-state index in [4.69, 9.17) is 0 Å². The van der Waals surface area contributed by atoms with Crippen molar-refractivity contribution in [1.29, 1.82) is 0 Å². The van der Waals surface area contributed by atoms with Crippen molar-refractivity contribution < 1.29 is 23.3 Å². The van der Waals surface area contributed by atoms with E-state index in [1.54, 1.807) is 0 Å². The maximum atomic E-state index is 3.49. The zero-order valence-electron chi connectivity index (χ0n) is 21.6. The van der Waals surface area contributed by atoms with Gasteiger partial charge in [-0.1, -0.05) is 82.5 Å². The maximum absolute atomic E-state index is 3.49. The number of halogens is 2. The molecule has 4 rings (SSSR count). The summed E-state index contributed by atoms with van der Waals surface area (Å²) in [7, 11) is 0. The van der Waals surface area contributed by atoms with E-state index in [1.165, 1.54) is 62.0 Å². The molecular formula is C30H40Cl2SiZr-4. The van der Waals surface area contributed by atoms with Gasteiger partial charge >= 0.3 is 30.2 Å². The van der Waals surface area contributed by atoms with E-state index in [9.17, 15) is 0 Å². The minimum Gasteiger partial charge on any atom is -0.150 e. The van der Waals surface area contributed by atoms with Crippen molar-refractivity contribution in [3.05, 3.63) is 103 Å². The molecule has 1 unspecified atom stereocenters. The Bertz CT molecular complexity index is 956. The first-order valence-electron chi connectivity index (χ1n) is 11.2. The van der Waals surface area contributed by atoms with Crippen molar-refractivity contribution in [1.82, 2.24) is 0 Å². The molecule has 34 heavy (non-hydrogen) atoms. The van der Waals surface area contributed by atoms with Gasteiger partial charge in [-0.15, -0.1) is 78.4 Å². The fraction of sp³-hybridized carbons (Fsp3) is 0.300. The van der Waals surface area contributed by atoms with Crippen LogP contribution < -0.4 is 0 Å². The summed E-state index contributed by atoms with van der Waals surface area (Å²) < 4.78 is 0. The Labute approximate surface area is 239 Å². The summed E-state index contributed by atoms with van der Waals surface area (Å²) in [5, 5.41) is 2.65. The summed E-state index contributed by atoms with van der Waals surface area (Å²) in [5.74, 6) is 0.560. The maximum Gasteiger partial charge on any atom is -0.0623 e. The molecule has 0 N–H and O–H groups in total.